The molecule has 0 N–H and O–H groups in total. The number of benzene rings is 1. The third-order valence-electron chi connectivity index (χ3n) is 2.61. The zero-order chi connectivity index (χ0) is 14.7. The maximum atomic E-state index is 12.7. The number of ether oxygens (including phenoxy) is 1. The second-order valence-electron chi connectivity index (χ2n) is 4.57. The number of halogens is 3. The second kappa shape index (κ2) is 5.19. The summed E-state index contributed by atoms with van der Waals surface area (Å²) >= 11 is 0. The molecule has 100 valence electrons. The Morgan fingerprint density at radius 2 is 1.79 bits per heavy atom. The van der Waals surface area contributed by atoms with Crippen molar-refractivity contribution in [2.75, 3.05) is 6.61 Å². The largest absolute Gasteiger partial charge is 0.491 e. The van der Waals surface area contributed by atoms with Gasteiger partial charge in [0.25, 0.3) is 0 Å². The second-order valence-corrected chi connectivity index (χ2v) is 4.57. The summed E-state index contributed by atoms with van der Waals surface area (Å²) in [6, 6.07) is 7.77. The summed E-state index contributed by atoms with van der Waals surface area (Å²) in [5.41, 5.74) is -2.02. The molecule has 0 aliphatic rings. The minimum absolute atomic E-state index is 0.0149. The van der Waals surface area contributed by atoms with E-state index in [9.17, 15) is 13.2 Å². The predicted octanol–water partition coefficient (Wildman–Crippen LogP) is 3.40. The van der Waals surface area contributed by atoms with E-state index in [0.717, 1.165) is 13.8 Å². The summed E-state index contributed by atoms with van der Waals surface area (Å²) in [6.45, 7) is 1.39. The highest BCUT2D eigenvalue weighted by molar-refractivity contribution is 5.53. The number of rotatable bonds is 3. The van der Waals surface area contributed by atoms with Crippen LogP contribution in [-0.2, 0) is 0 Å². The van der Waals surface area contributed by atoms with Crippen molar-refractivity contribution in [1.29, 1.82) is 10.5 Å². The van der Waals surface area contributed by atoms with Crippen LogP contribution in [0.15, 0.2) is 18.2 Å². The normalized spacial score (nSPS) is 11.5. The zero-order valence-electron chi connectivity index (χ0n) is 10.4. The lowest BCUT2D eigenvalue weighted by atomic mass is 9.94. The quantitative estimate of drug-likeness (QED) is 0.844. The molecule has 19 heavy (non-hydrogen) atoms. The van der Waals surface area contributed by atoms with Crippen molar-refractivity contribution in [3.8, 4) is 17.9 Å². The van der Waals surface area contributed by atoms with Crippen LogP contribution in [-0.4, -0.2) is 12.8 Å². The van der Waals surface area contributed by atoms with Crippen molar-refractivity contribution < 1.29 is 17.9 Å². The Balaban J connectivity index is 2.98. The topological polar surface area (TPSA) is 56.8 Å². The molecule has 0 amide bonds. The summed E-state index contributed by atoms with van der Waals surface area (Å²) in [4.78, 5) is 0. The Labute approximate surface area is 108 Å². The summed E-state index contributed by atoms with van der Waals surface area (Å²) in [5, 5.41) is 17.7. The molecule has 0 spiro atoms. The molecule has 0 radical (unpaired) electrons. The van der Waals surface area contributed by atoms with Crippen LogP contribution in [0.5, 0.6) is 5.75 Å². The first kappa shape index (κ1) is 14.8. The van der Waals surface area contributed by atoms with Gasteiger partial charge in [0.2, 0.25) is 0 Å². The molecule has 0 unspecified atom stereocenters. The van der Waals surface area contributed by atoms with E-state index in [0.29, 0.717) is 0 Å². The Bertz CT molecular complexity index is 550. The van der Waals surface area contributed by atoms with Crippen LogP contribution in [0.3, 0.4) is 0 Å². The third kappa shape index (κ3) is 3.17. The summed E-state index contributed by atoms with van der Waals surface area (Å²) in [7, 11) is 0. The summed E-state index contributed by atoms with van der Waals surface area (Å²) in [6.07, 6.45) is -4.41. The van der Waals surface area contributed by atoms with Gasteiger partial charge in [0.1, 0.15) is 30.1 Å². The van der Waals surface area contributed by atoms with Gasteiger partial charge >= 0.3 is 6.18 Å². The lowest BCUT2D eigenvalue weighted by Gasteiger charge is -2.27. The number of hydrogen-bond acceptors (Lipinski definition) is 3. The molecule has 1 aromatic carbocycles. The predicted molar refractivity (Wildman–Crippen MR) is 61.2 cm³/mol. The van der Waals surface area contributed by atoms with Crippen LogP contribution in [0, 0.1) is 28.1 Å². The van der Waals surface area contributed by atoms with Gasteiger partial charge in [-0.1, -0.05) is 6.07 Å². The van der Waals surface area contributed by atoms with E-state index in [1.807, 2.05) is 0 Å². The maximum Gasteiger partial charge on any atom is 0.397 e. The van der Waals surface area contributed by atoms with Gasteiger partial charge in [0.05, 0.1) is 11.0 Å². The van der Waals surface area contributed by atoms with Crippen molar-refractivity contribution in [3.05, 3.63) is 29.3 Å². The van der Waals surface area contributed by atoms with E-state index < -0.39 is 18.2 Å². The van der Waals surface area contributed by atoms with E-state index in [2.05, 4.69) is 0 Å². The molecule has 0 fully saturated rings. The molecule has 0 aromatic heterocycles. The van der Waals surface area contributed by atoms with Gasteiger partial charge in [-0.2, -0.15) is 23.7 Å². The molecule has 1 rings (SSSR count). The number of hydrogen-bond donors (Lipinski definition) is 0. The standard InChI is InChI=1S/C13H11F3N2O/c1-12(2,13(14,15)16)8-19-11-5-3-4-9(6-17)10(11)7-18/h3-5H,8H2,1-2H3. The monoisotopic (exact) mass is 268 g/mol. The van der Waals surface area contributed by atoms with Crippen molar-refractivity contribution in [1.82, 2.24) is 0 Å². The average Bonchev–Trinajstić information content (AvgIpc) is 2.34. The van der Waals surface area contributed by atoms with Crippen LogP contribution in [0.25, 0.3) is 0 Å². The highest BCUT2D eigenvalue weighted by Gasteiger charge is 2.48. The number of nitriles is 2. The first-order valence-electron chi connectivity index (χ1n) is 5.35. The fourth-order valence-electron chi connectivity index (χ4n) is 1.20. The molecule has 0 atom stereocenters. The zero-order valence-corrected chi connectivity index (χ0v) is 10.4. The third-order valence-corrected chi connectivity index (χ3v) is 2.61. The van der Waals surface area contributed by atoms with E-state index in [1.54, 1.807) is 12.1 Å². The molecular formula is C13H11F3N2O. The van der Waals surface area contributed by atoms with Crippen LogP contribution in [0.1, 0.15) is 25.0 Å². The number of alkyl halides is 3. The van der Waals surface area contributed by atoms with Gasteiger partial charge in [-0.25, -0.2) is 0 Å². The molecule has 0 aliphatic carbocycles. The van der Waals surface area contributed by atoms with Gasteiger partial charge in [-0.15, -0.1) is 0 Å². The highest BCUT2D eigenvalue weighted by atomic mass is 19.4. The molecule has 1 aromatic rings. The van der Waals surface area contributed by atoms with Crippen LogP contribution < -0.4 is 4.74 Å². The van der Waals surface area contributed by atoms with Crippen LogP contribution in [0.4, 0.5) is 13.2 Å². The lowest BCUT2D eigenvalue weighted by Crippen LogP contribution is -2.37. The van der Waals surface area contributed by atoms with Gasteiger partial charge in [0.15, 0.2) is 0 Å². The van der Waals surface area contributed by atoms with Gasteiger partial charge in [-0.05, 0) is 26.0 Å². The van der Waals surface area contributed by atoms with Gasteiger partial charge < -0.3 is 4.74 Å². The Morgan fingerprint density at radius 3 is 2.26 bits per heavy atom. The molecule has 3 nitrogen and oxygen atoms in total. The van der Waals surface area contributed by atoms with Gasteiger partial charge in [0, 0.05) is 0 Å². The first-order chi connectivity index (χ1) is 8.73. The minimum atomic E-state index is -4.41. The van der Waals surface area contributed by atoms with Crippen molar-refractivity contribution in [3.63, 3.8) is 0 Å². The van der Waals surface area contributed by atoms with Gasteiger partial charge in [-0.3, -0.25) is 0 Å². The molecule has 0 saturated carbocycles. The SMILES string of the molecule is CC(C)(COc1cccc(C#N)c1C#N)C(F)(F)F. The lowest BCUT2D eigenvalue weighted by molar-refractivity contribution is -0.219. The number of nitrogens with zero attached hydrogens (tertiary/aromatic N) is 2. The molecule has 0 bridgehead atoms. The molecule has 6 heteroatoms. The Kier molecular flexibility index (Phi) is 4.06. The van der Waals surface area contributed by atoms with E-state index >= 15 is 0 Å². The molecule has 0 heterocycles. The van der Waals surface area contributed by atoms with Crippen LogP contribution >= 0.6 is 0 Å². The van der Waals surface area contributed by atoms with E-state index in [4.69, 9.17) is 15.3 Å². The summed E-state index contributed by atoms with van der Waals surface area (Å²) < 4.78 is 43.1. The van der Waals surface area contributed by atoms with Crippen molar-refractivity contribution >= 4 is 0 Å². The molecule has 0 aliphatic heterocycles. The molecular weight excluding hydrogens is 257 g/mol. The van der Waals surface area contributed by atoms with Crippen LogP contribution in [0.2, 0.25) is 0 Å². The van der Waals surface area contributed by atoms with E-state index in [1.165, 1.54) is 18.2 Å². The fourth-order valence-corrected chi connectivity index (χ4v) is 1.20. The van der Waals surface area contributed by atoms with E-state index in [-0.39, 0.29) is 16.9 Å². The Hall–Kier alpha value is -2.21. The van der Waals surface area contributed by atoms with Crippen molar-refractivity contribution in [2.24, 2.45) is 5.41 Å². The summed E-state index contributed by atoms with van der Waals surface area (Å²) in [5.74, 6) is -0.0149. The van der Waals surface area contributed by atoms with Crippen molar-refractivity contribution in [2.45, 2.75) is 20.0 Å². The Morgan fingerprint density at radius 1 is 1.16 bits per heavy atom. The fraction of sp³-hybridized carbons (Fsp3) is 0.385. The molecule has 0 saturated heterocycles. The maximum absolute atomic E-state index is 12.7. The highest BCUT2D eigenvalue weighted by Crippen LogP contribution is 2.38. The smallest absolute Gasteiger partial charge is 0.397 e. The minimum Gasteiger partial charge on any atom is -0.491 e. The average molecular weight is 268 g/mol. The first-order valence-corrected chi connectivity index (χ1v) is 5.35.